The summed E-state index contributed by atoms with van der Waals surface area (Å²) in [5.41, 5.74) is 2.93. The smallest absolute Gasteiger partial charge is 0.410 e. The van der Waals surface area contributed by atoms with Gasteiger partial charge in [0.05, 0.1) is 18.6 Å². The van der Waals surface area contributed by atoms with Gasteiger partial charge in [-0.1, -0.05) is 95.6 Å². The van der Waals surface area contributed by atoms with E-state index in [0.717, 1.165) is 16.7 Å². The van der Waals surface area contributed by atoms with Crippen molar-refractivity contribution in [3.63, 3.8) is 0 Å². The second kappa shape index (κ2) is 22.8. The zero-order valence-corrected chi connectivity index (χ0v) is 36.3. The second-order valence-corrected chi connectivity index (χ2v) is 16.9. The first-order valence-corrected chi connectivity index (χ1v) is 21.6. The van der Waals surface area contributed by atoms with Crippen LogP contribution in [-0.2, 0) is 51.3 Å². The standard InChI is InChI=1S/C46H63N5O10/c1-7-15-37(41(55)44(58)47-30(6)31-16-9-8-10-17-31)48-43(57)38-25-35(61-46(60)50-23-22-32-18-11-12-19-33(32)26-50)27-51(38)45(59)40(29(4)5)49-42(56)36(28(2)3)24-34(52)20-13-14-21-39(53)54/h8-12,16-19,28-30,35-38,40H,7,13-15,20-27H2,1-6H3,(H,47,58)(H,48,57)(H,49,56)(H,53,54)/t30-,35?,36-,37?,38-,40-/m0/s1. The van der Waals surface area contributed by atoms with E-state index >= 15 is 0 Å². The SMILES string of the molecule is CCCC(NC(=O)[C@@H]1CC(OC(=O)N2CCc3ccccc3C2)CN1C(=O)[C@@H](NC(=O)[C@@H](CC(=O)CCCCC(=O)O)C(C)C)C(C)C)C(=O)C(=O)N[C@@H](C)c1ccccc1. The Morgan fingerprint density at radius 2 is 1.48 bits per heavy atom. The van der Waals surface area contributed by atoms with Crippen LogP contribution >= 0.6 is 0 Å². The van der Waals surface area contributed by atoms with Crippen molar-refractivity contribution in [3.8, 4) is 0 Å². The maximum atomic E-state index is 14.6. The lowest BCUT2D eigenvalue weighted by molar-refractivity contribution is -0.144. The summed E-state index contributed by atoms with van der Waals surface area (Å²) in [5.74, 6) is -6.21. The fourth-order valence-electron chi connectivity index (χ4n) is 7.85. The minimum atomic E-state index is -1.22. The molecule has 15 nitrogen and oxygen atoms in total. The van der Waals surface area contributed by atoms with Gasteiger partial charge in [0.25, 0.3) is 5.91 Å². The third-order valence-corrected chi connectivity index (χ3v) is 11.5. The monoisotopic (exact) mass is 845 g/mol. The van der Waals surface area contributed by atoms with Gasteiger partial charge in [0.15, 0.2) is 0 Å². The van der Waals surface area contributed by atoms with Crippen molar-refractivity contribution < 1.29 is 48.2 Å². The first-order chi connectivity index (χ1) is 29.0. The van der Waals surface area contributed by atoms with Crippen molar-refractivity contribution in [3.05, 3.63) is 71.3 Å². The number of likely N-dealkylation sites (tertiary alicyclic amines) is 1. The molecule has 2 aliphatic rings. The number of carboxylic acids is 1. The Morgan fingerprint density at radius 3 is 2.11 bits per heavy atom. The molecule has 0 radical (unpaired) electrons. The van der Waals surface area contributed by atoms with Crippen LogP contribution in [0.2, 0.25) is 0 Å². The Morgan fingerprint density at radius 1 is 0.820 bits per heavy atom. The average molecular weight is 846 g/mol. The van der Waals surface area contributed by atoms with Crippen LogP contribution in [0.1, 0.15) is 116 Å². The summed E-state index contributed by atoms with van der Waals surface area (Å²) in [6.07, 6.45) is 0.325. The average Bonchev–Trinajstić information content (AvgIpc) is 3.66. The predicted molar refractivity (Wildman–Crippen MR) is 227 cm³/mol. The largest absolute Gasteiger partial charge is 0.481 e. The number of Topliss-reactive ketones (excluding diaryl/α,β-unsaturated/α-hetero) is 2. The van der Waals surface area contributed by atoms with E-state index in [0.29, 0.717) is 38.8 Å². The molecule has 0 aromatic heterocycles. The molecule has 6 atom stereocenters. The predicted octanol–water partition coefficient (Wildman–Crippen LogP) is 4.90. The summed E-state index contributed by atoms with van der Waals surface area (Å²) in [6, 6.07) is 12.9. The molecule has 2 aliphatic heterocycles. The number of ketones is 2. The maximum Gasteiger partial charge on any atom is 0.410 e. The quantitative estimate of drug-likeness (QED) is 0.0987. The number of fused-ring (bicyclic) bond motifs is 1. The van der Waals surface area contributed by atoms with Gasteiger partial charge in [-0.05, 0) is 61.1 Å². The summed E-state index contributed by atoms with van der Waals surface area (Å²) in [6.45, 7) is 11.2. The molecule has 4 N–H and O–H groups in total. The first kappa shape index (κ1) is 48.1. The van der Waals surface area contributed by atoms with Gasteiger partial charge in [0, 0.05) is 44.7 Å². The van der Waals surface area contributed by atoms with Crippen molar-refractivity contribution in [2.24, 2.45) is 17.8 Å². The number of carbonyl (C=O) groups is 8. The molecule has 0 bridgehead atoms. The number of amides is 5. The molecular formula is C46H63N5O10. The van der Waals surface area contributed by atoms with E-state index in [1.54, 1.807) is 39.5 Å². The van der Waals surface area contributed by atoms with E-state index in [-0.39, 0.29) is 50.4 Å². The summed E-state index contributed by atoms with van der Waals surface area (Å²) in [4.78, 5) is 110. The Labute approximate surface area is 358 Å². The van der Waals surface area contributed by atoms with Gasteiger partial charge in [-0.3, -0.25) is 33.6 Å². The van der Waals surface area contributed by atoms with E-state index in [2.05, 4.69) is 16.0 Å². The molecule has 5 amide bonds. The number of hydrogen-bond acceptors (Lipinski definition) is 9. The minimum absolute atomic E-state index is 0.0547. The molecule has 0 spiro atoms. The zero-order chi connectivity index (χ0) is 44.8. The first-order valence-electron chi connectivity index (χ1n) is 21.6. The van der Waals surface area contributed by atoms with Crippen LogP contribution < -0.4 is 16.0 Å². The third-order valence-electron chi connectivity index (χ3n) is 11.5. The highest BCUT2D eigenvalue weighted by molar-refractivity contribution is 6.38. The fourth-order valence-corrected chi connectivity index (χ4v) is 7.85. The van der Waals surface area contributed by atoms with Crippen LogP contribution in [0.5, 0.6) is 0 Å². The summed E-state index contributed by atoms with van der Waals surface area (Å²) >= 11 is 0. The number of unbranched alkanes of at least 4 members (excludes halogenated alkanes) is 1. The van der Waals surface area contributed by atoms with Gasteiger partial charge >= 0.3 is 12.1 Å². The minimum Gasteiger partial charge on any atom is -0.481 e. The van der Waals surface area contributed by atoms with Gasteiger partial charge in [-0.25, -0.2) is 4.79 Å². The van der Waals surface area contributed by atoms with Crippen LogP contribution in [0, 0.1) is 17.8 Å². The number of nitrogens with one attached hydrogen (secondary N) is 3. The molecule has 2 aromatic rings. The van der Waals surface area contributed by atoms with Crippen molar-refractivity contribution in [2.45, 2.75) is 136 Å². The van der Waals surface area contributed by atoms with Gasteiger partial charge < -0.3 is 35.6 Å². The van der Waals surface area contributed by atoms with E-state index in [4.69, 9.17) is 9.84 Å². The molecule has 332 valence electrons. The van der Waals surface area contributed by atoms with Crippen molar-refractivity contribution in [2.75, 3.05) is 13.1 Å². The molecule has 1 saturated heterocycles. The number of carbonyl (C=O) groups excluding carboxylic acids is 7. The molecule has 1 fully saturated rings. The zero-order valence-electron chi connectivity index (χ0n) is 36.3. The van der Waals surface area contributed by atoms with Gasteiger partial charge in [-0.15, -0.1) is 0 Å². The highest BCUT2D eigenvalue weighted by atomic mass is 16.6. The van der Waals surface area contributed by atoms with Crippen LogP contribution in [0.3, 0.4) is 0 Å². The van der Waals surface area contributed by atoms with Gasteiger partial charge in [0.2, 0.25) is 23.5 Å². The number of nitrogens with zero attached hydrogens (tertiary/aromatic N) is 2. The van der Waals surface area contributed by atoms with Crippen LogP contribution in [0.4, 0.5) is 4.79 Å². The highest BCUT2D eigenvalue weighted by Gasteiger charge is 2.46. The molecule has 4 rings (SSSR count). The summed E-state index contributed by atoms with van der Waals surface area (Å²) in [7, 11) is 0. The topological polar surface area (TPSA) is 209 Å². The Kier molecular flexibility index (Phi) is 18.0. The molecule has 2 heterocycles. The number of carboxylic acid groups (broad SMARTS) is 1. The molecular weight excluding hydrogens is 783 g/mol. The Hall–Kier alpha value is -5.60. The lowest BCUT2D eigenvalue weighted by atomic mass is 9.88. The van der Waals surface area contributed by atoms with Crippen molar-refractivity contribution >= 4 is 47.3 Å². The maximum absolute atomic E-state index is 14.6. The molecule has 2 aromatic carbocycles. The van der Waals surface area contributed by atoms with Crippen LogP contribution in [0.15, 0.2) is 54.6 Å². The Bertz CT molecular complexity index is 1880. The number of ether oxygens (including phenoxy) is 1. The molecule has 0 saturated carbocycles. The molecule has 0 aliphatic carbocycles. The number of hydrogen-bond donors (Lipinski definition) is 4. The summed E-state index contributed by atoms with van der Waals surface area (Å²) < 4.78 is 5.96. The Balaban J connectivity index is 1.54. The number of aliphatic carboxylic acids is 1. The van der Waals surface area contributed by atoms with Gasteiger partial charge in [0.1, 0.15) is 24.0 Å². The van der Waals surface area contributed by atoms with E-state index < -0.39 is 83.6 Å². The molecule has 61 heavy (non-hydrogen) atoms. The van der Waals surface area contributed by atoms with Crippen LogP contribution in [0.25, 0.3) is 0 Å². The van der Waals surface area contributed by atoms with Crippen LogP contribution in [-0.4, -0.2) is 99.5 Å². The molecule has 15 heteroatoms. The van der Waals surface area contributed by atoms with E-state index in [1.807, 2.05) is 61.5 Å². The lowest BCUT2D eigenvalue weighted by Crippen LogP contribution is -2.58. The van der Waals surface area contributed by atoms with E-state index in [1.165, 1.54) is 4.90 Å². The number of rotatable bonds is 21. The van der Waals surface area contributed by atoms with Crippen molar-refractivity contribution in [1.82, 2.24) is 25.8 Å². The molecule has 2 unspecified atom stereocenters. The normalized spacial score (nSPS) is 18.0. The highest BCUT2D eigenvalue weighted by Crippen LogP contribution is 2.27. The summed E-state index contributed by atoms with van der Waals surface area (Å²) in [5, 5.41) is 17.2. The second-order valence-electron chi connectivity index (χ2n) is 16.9. The fraction of sp³-hybridized carbons (Fsp3) is 0.565. The van der Waals surface area contributed by atoms with Gasteiger partial charge in [-0.2, -0.15) is 0 Å². The lowest BCUT2D eigenvalue weighted by Gasteiger charge is -2.32. The van der Waals surface area contributed by atoms with Crippen molar-refractivity contribution in [1.29, 1.82) is 0 Å². The third kappa shape index (κ3) is 13.7. The van der Waals surface area contributed by atoms with E-state index in [9.17, 15) is 38.4 Å². The number of benzene rings is 2.